The molecule has 0 aliphatic heterocycles. The number of aromatic nitrogens is 2. The normalized spacial score (nSPS) is 16.4. The first-order valence-electron chi connectivity index (χ1n) is 8.54. The van der Waals surface area contributed by atoms with Crippen LogP contribution < -0.4 is 5.32 Å². The van der Waals surface area contributed by atoms with Gasteiger partial charge in [0.25, 0.3) is 0 Å². The predicted molar refractivity (Wildman–Crippen MR) is 99.2 cm³/mol. The Balaban J connectivity index is 1.77. The number of fused-ring (bicyclic) bond motifs is 1. The highest BCUT2D eigenvalue weighted by atomic mass is 32.2. The van der Waals surface area contributed by atoms with E-state index in [9.17, 15) is 10.1 Å². The van der Waals surface area contributed by atoms with Crippen molar-refractivity contribution >= 4 is 28.6 Å². The number of hydrogen-bond acceptors (Lipinski definition) is 5. The third-order valence-corrected chi connectivity index (χ3v) is 5.65. The van der Waals surface area contributed by atoms with Gasteiger partial charge in [0, 0.05) is 11.3 Å². The lowest BCUT2D eigenvalue weighted by atomic mass is 9.90. The predicted octanol–water partition coefficient (Wildman–Crippen LogP) is 3.65. The molecule has 1 aromatic carbocycles. The third-order valence-electron chi connectivity index (χ3n) is 4.65. The van der Waals surface area contributed by atoms with Crippen molar-refractivity contribution in [1.82, 2.24) is 15.3 Å². The molecule has 1 heterocycles. The molecule has 6 heteroatoms. The van der Waals surface area contributed by atoms with Crippen LogP contribution in [-0.2, 0) is 4.79 Å². The summed E-state index contributed by atoms with van der Waals surface area (Å²) in [6.45, 7) is 5.61. The van der Waals surface area contributed by atoms with Gasteiger partial charge in [-0.2, -0.15) is 5.26 Å². The molecule has 0 spiro atoms. The van der Waals surface area contributed by atoms with E-state index >= 15 is 0 Å². The van der Waals surface area contributed by atoms with E-state index in [4.69, 9.17) is 4.98 Å². The molecular formula is C19H22N4OS. The van der Waals surface area contributed by atoms with Crippen molar-refractivity contribution in [2.45, 2.75) is 50.1 Å². The van der Waals surface area contributed by atoms with Gasteiger partial charge in [0.2, 0.25) is 5.91 Å². The Kier molecular flexibility index (Phi) is 4.96. The first-order valence-corrected chi connectivity index (χ1v) is 9.53. The van der Waals surface area contributed by atoms with Crippen molar-refractivity contribution in [3.8, 4) is 6.07 Å². The van der Waals surface area contributed by atoms with E-state index in [-0.39, 0.29) is 17.6 Å². The summed E-state index contributed by atoms with van der Waals surface area (Å²) in [4.78, 5) is 21.7. The van der Waals surface area contributed by atoms with E-state index in [2.05, 4.69) is 16.4 Å². The quantitative estimate of drug-likeness (QED) is 0.633. The van der Waals surface area contributed by atoms with E-state index in [1.807, 2.05) is 38.1 Å². The molecule has 1 atom stereocenters. The Bertz CT molecular complexity index is 841. The van der Waals surface area contributed by atoms with Crippen molar-refractivity contribution in [2.24, 2.45) is 5.92 Å². The van der Waals surface area contributed by atoms with Gasteiger partial charge in [-0.15, -0.1) is 0 Å². The minimum Gasteiger partial charge on any atom is -0.337 e. The molecule has 1 fully saturated rings. The fraction of sp³-hybridized carbons (Fsp3) is 0.474. The number of carbonyl (C=O) groups is 1. The van der Waals surface area contributed by atoms with Gasteiger partial charge in [-0.25, -0.2) is 9.97 Å². The van der Waals surface area contributed by atoms with E-state index in [0.29, 0.717) is 5.92 Å². The van der Waals surface area contributed by atoms with Crippen LogP contribution in [-0.4, -0.2) is 27.2 Å². The van der Waals surface area contributed by atoms with Gasteiger partial charge in [-0.05, 0) is 31.7 Å². The van der Waals surface area contributed by atoms with Crippen LogP contribution in [0.15, 0.2) is 29.3 Å². The molecule has 0 radical (unpaired) electrons. The summed E-state index contributed by atoms with van der Waals surface area (Å²) in [6.07, 6.45) is 2.27. The summed E-state index contributed by atoms with van der Waals surface area (Å²) in [5, 5.41) is 14.0. The van der Waals surface area contributed by atoms with Gasteiger partial charge >= 0.3 is 0 Å². The molecule has 5 nitrogen and oxygen atoms in total. The molecule has 130 valence electrons. The van der Waals surface area contributed by atoms with Crippen molar-refractivity contribution < 1.29 is 4.79 Å². The SMILES string of the molecule is CC(C)C(C)(C#N)NC(=O)CSc1nc(C2CC2)nc2ccccc12. The van der Waals surface area contributed by atoms with Crippen LogP contribution in [0.1, 0.15) is 45.4 Å². The van der Waals surface area contributed by atoms with Gasteiger partial charge in [0.1, 0.15) is 16.4 Å². The second kappa shape index (κ2) is 7.01. The lowest BCUT2D eigenvalue weighted by molar-refractivity contribution is -0.120. The molecule has 0 saturated heterocycles. The molecule has 1 amide bonds. The average Bonchev–Trinajstić information content (AvgIpc) is 3.44. The van der Waals surface area contributed by atoms with Crippen LogP contribution in [0.3, 0.4) is 0 Å². The molecule has 3 rings (SSSR count). The zero-order valence-electron chi connectivity index (χ0n) is 14.7. The topological polar surface area (TPSA) is 78.7 Å². The molecule has 1 saturated carbocycles. The van der Waals surface area contributed by atoms with E-state index in [0.717, 1.165) is 34.6 Å². The van der Waals surface area contributed by atoms with Crippen molar-refractivity contribution in [1.29, 1.82) is 5.26 Å². The van der Waals surface area contributed by atoms with E-state index < -0.39 is 5.54 Å². The Labute approximate surface area is 152 Å². The maximum atomic E-state index is 12.3. The lowest BCUT2D eigenvalue weighted by Gasteiger charge is -2.27. The number of para-hydroxylation sites is 1. The maximum Gasteiger partial charge on any atom is 0.231 e. The van der Waals surface area contributed by atoms with Gasteiger partial charge in [0.15, 0.2) is 0 Å². The molecule has 0 bridgehead atoms. The standard InChI is InChI=1S/C19H22N4OS/c1-12(2)19(3,11-20)23-16(24)10-25-18-14-6-4-5-7-15(14)21-17(22-18)13-8-9-13/h4-7,12-13H,8-10H2,1-3H3,(H,23,24). The molecule has 1 aliphatic carbocycles. The summed E-state index contributed by atoms with van der Waals surface area (Å²) in [6, 6.07) is 10.1. The van der Waals surface area contributed by atoms with E-state index in [1.54, 1.807) is 6.92 Å². The Morgan fingerprint density at radius 1 is 1.40 bits per heavy atom. The van der Waals surface area contributed by atoms with Gasteiger partial charge < -0.3 is 5.32 Å². The Morgan fingerprint density at radius 2 is 2.12 bits per heavy atom. The van der Waals surface area contributed by atoms with Crippen LogP contribution in [0.4, 0.5) is 0 Å². The lowest BCUT2D eigenvalue weighted by Crippen LogP contribution is -2.49. The van der Waals surface area contributed by atoms with Gasteiger partial charge in [0.05, 0.1) is 17.3 Å². The Hall–Kier alpha value is -2.13. The number of nitrogens with one attached hydrogen (secondary N) is 1. The number of carbonyl (C=O) groups excluding carboxylic acids is 1. The zero-order valence-corrected chi connectivity index (χ0v) is 15.6. The molecule has 1 N–H and O–H groups in total. The number of thioether (sulfide) groups is 1. The number of nitriles is 1. The fourth-order valence-electron chi connectivity index (χ4n) is 2.46. The monoisotopic (exact) mass is 354 g/mol. The second-order valence-corrected chi connectivity index (χ2v) is 7.95. The van der Waals surface area contributed by atoms with Crippen molar-refractivity contribution in [3.63, 3.8) is 0 Å². The summed E-state index contributed by atoms with van der Waals surface area (Å²) < 4.78 is 0. The molecule has 25 heavy (non-hydrogen) atoms. The molecular weight excluding hydrogens is 332 g/mol. The van der Waals surface area contributed by atoms with Crippen LogP contribution in [0.25, 0.3) is 10.9 Å². The first-order chi connectivity index (χ1) is 11.9. The minimum atomic E-state index is -0.857. The van der Waals surface area contributed by atoms with Crippen LogP contribution in [0.2, 0.25) is 0 Å². The van der Waals surface area contributed by atoms with Gasteiger partial charge in [-0.1, -0.05) is 43.8 Å². The Morgan fingerprint density at radius 3 is 2.76 bits per heavy atom. The highest BCUT2D eigenvalue weighted by Gasteiger charge is 2.30. The maximum absolute atomic E-state index is 12.3. The van der Waals surface area contributed by atoms with Crippen LogP contribution in [0, 0.1) is 17.2 Å². The number of rotatable bonds is 6. The number of benzene rings is 1. The second-order valence-electron chi connectivity index (χ2n) is 6.98. The highest BCUT2D eigenvalue weighted by Crippen LogP contribution is 2.39. The third kappa shape index (κ3) is 3.93. The fourth-order valence-corrected chi connectivity index (χ4v) is 3.29. The summed E-state index contributed by atoms with van der Waals surface area (Å²) in [7, 11) is 0. The molecule has 1 aliphatic rings. The molecule has 1 aromatic heterocycles. The number of amides is 1. The largest absolute Gasteiger partial charge is 0.337 e. The van der Waals surface area contributed by atoms with Crippen LogP contribution >= 0.6 is 11.8 Å². The smallest absolute Gasteiger partial charge is 0.231 e. The summed E-state index contributed by atoms with van der Waals surface area (Å²) >= 11 is 1.41. The van der Waals surface area contributed by atoms with Crippen molar-refractivity contribution in [2.75, 3.05) is 5.75 Å². The van der Waals surface area contributed by atoms with Crippen molar-refractivity contribution in [3.05, 3.63) is 30.1 Å². The number of nitrogens with zero attached hydrogens (tertiary/aromatic N) is 3. The number of hydrogen-bond donors (Lipinski definition) is 1. The van der Waals surface area contributed by atoms with Gasteiger partial charge in [-0.3, -0.25) is 4.79 Å². The molecule has 1 unspecified atom stereocenters. The summed E-state index contributed by atoms with van der Waals surface area (Å²) in [5.74, 6) is 1.45. The minimum absolute atomic E-state index is 0.0350. The zero-order chi connectivity index (χ0) is 18.0. The van der Waals surface area contributed by atoms with Crippen LogP contribution in [0.5, 0.6) is 0 Å². The first kappa shape index (κ1) is 17.7. The summed E-state index contributed by atoms with van der Waals surface area (Å²) in [5.41, 5.74) is 0.0660. The molecule has 2 aromatic rings. The highest BCUT2D eigenvalue weighted by molar-refractivity contribution is 8.00. The van der Waals surface area contributed by atoms with E-state index in [1.165, 1.54) is 11.8 Å². The average molecular weight is 354 g/mol.